The highest BCUT2D eigenvalue weighted by Gasteiger charge is 2.24. The number of carbonyl (C=O) groups excluding carboxylic acids is 2. The molecule has 8 heteroatoms. The van der Waals surface area contributed by atoms with E-state index in [4.69, 9.17) is 0 Å². The van der Waals surface area contributed by atoms with Crippen molar-refractivity contribution < 1.29 is 14.0 Å². The van der Waals surface area contributed by atoms with Gasteiger partial charge < -0.3 is 9.80 Å². The predicted octanol–water partition coefficient (Wildman–Crippen LogP) is 2.85. The molecule has 7 nitrogen and oxygen atoms in total. The molecule has 1 fully saturated rings. The number of carbonyl (C=O) groups is 2. The third-order valence-electron chi connectivity index (χ3n) is 5.35. The van der Waals surface area contributed by atoms with Crippen molar-refractivity contribution in [2.45, 2.75) is 33.2 Å². The van der Waals surface area contributed by atoms with Gasteiger partial charge in [0.15, 0.2) is 5.69 Å². The minimum atomic E-state index is -0.325. The van der Waals surface area contributed by atoms with Gasteiger partial charge in [-0.05, 0) is 56.4 Å². The number of piperidine rings is 1. The summed E-state index contributed by atoms with van der Waals surface area (Å²) < 4.78 is 15.0. The zero-order valence-electron chi connectivity index (χ0n) is 17.5. The zero-order valence-corrected chi connectivity index (χ0v) is 17.5. The number of hydrogen-bond acceptors (Lipinski definition) is 4. The number of hydrogen-bond donors (Lipinski definition) is 0. The van der Waals surface area contributed by atoms with Crippen molar-refractivity contribution in [3.63, 3.8) is 0 Å². The monoisotopic (exact) mass is 413 g/mol. The number of rotatable bonds is 7. The average molecular weight is 413 g/mol. The Hall–Kier alpha value is -3.03. The highest BCUT2D eigenvalue weighted by Crippen LogP contribution is 2.19. The molecule has 1 saturated heterocycles. The maximum Gasteiger partial charge on any atom is 0.276 e. The van der Waals surface area contributed by atoms with Gasteiger partial charge in [0.1, 0.15) is 5.82 Å². The zero-order chi connectivity index (χ0) is 21.5. The highest BCUT2D eigenvalue weighted by molar-refractivity contribution is 5.92. The molecule has 2 amide bonds. The van der Waals surface area contributed by atoms with Crippen LogP contribution in [0.1, 0.15) is 42.7 Å². The SMILES string of the molecule is CCN(CC)C(=O)c1cn(C[C@@H]2CCCN(C(=O)/C=C\c3cccc(F)c3)C2)nn1. The molecule has 0 spiro atoms. The molecule has 1 aromatic carbocycles. The number of likely N-dealkylation sites (tertiary alicyclic amines) is 1. The van der Waals surface area contributed by atoms with Crippen molar-refractivity contribution in [3.05, 3.63) is 53.6 Å². The molecule has 160 valence electrons. The Bertz CT molecular complexity index is 906. The van der Waals surface area contributed by atoms with Gasteiger partial charge in [-0.1, -0.05) is 17.3 Å². The van der Waals surface area contributed by atoms with Crippen LogP contribution in [0.4, 0.5) is 4.39 Å². The van der Waals surface area contributed by atoms with Crippen LogP contribution in [-0.2, 0) is 11.3 Å². The molecule has 0 saturated carbocycles. The number of nitrogens with zero attached hydrogens (tertiary/aromatic N) is 5. The first-order valence-electron chi connectivity index (χ1n) is 10.4. The average Bonchev–Trinajstić information content (AvgIpc) is 3.21. The Morgan fingerprint density at radius 2 is 2.10 bits per heavy atom. The van der Waals surface area contributed by atoms with E-state index in [0.717, 1.165) is 12.8 Å². The fraction of sp³-hybridized carbons (Fsp3) is 0.455. The van der Waals surface area contributed by atoms with E-state index in [-0.39, 0.29) is 23.5 Å². The van der Waals surface area contributed by atoms with E-state index in [2.05, 4.69) is 10.3 Å². The first-order chi connectivity index (χ1) is 14.5. The van der Waals surface area contributed by atoms with Crippen LogP contribution >= 0.6 is 0 Å². The predicted molar refractivity (Wildman–Crippen MR) is 112 cm³/mol. The molecule has 1 aromatic heterocycles. The first kappa shape index (κ1) is 21.7. The number of aromatic nitrogens is 3. The third-order valence-corrected chi connectivity index (χ3v) is 5.35. The Kier molecular flexibility index (Phi) is 7.32. The van der Waals surface area contributed by atoms with Crippen LogP contribution in [0.5, 0.6) is 0 Å². The summed E-state index contributed by atoms with van der Waals surface area (Å²) >= 11 is 0. The Morgan fingerprint density at radius 1 is 1.30 bits per heavy atom. The van der Waals surface area contributed by atoms with Crippen LogP contribution in [0.2, 0.25) is 0 Å². The van der Waals surface area contributed by atoms with Gasteiger partial charge in [0.2, 0.25) is 5.91 Å². The minimum Gasteiger partial charge on any atom is -0.339 e. The summed E-state index contributed by atoms with van der Waals surface area (Å²) in [6.45, 7) is 7.05. The minimum absolute atomic E-state index is 0.0834. The molecule has 30 heavy (non-hydrogen) atoms. The molecule has 1 aliphatic heterocycles. The van der Waals surface area contributed by atoms with E-state index in [1.165, 1.54) is 18.2 Å². The van der Waals surface area contributed by atoms with Crippen LogP contribution < -0.4 is 0 Å². The normalized spacial score (nSPS) is 16.8. The summed E-state index contributed by atoms with van der Waals surface area (Å²) in [4.78, 5) is 28.5. The Morgan fingerprint density at radius 3 is 2.83 bits per heavy atom. The molecule has 0 aliphatic carbocycles. The van der Waals surface area contributed by atoms with Gasteiger partial charge in [0.25, 0.3) is 5.91 Å². The van der Waals surface area contributed by atoms with Gasteiger partial charge in [-0.3, -0.25) is 14.3 Å². The lowest BCUT2D eigenvalue weighted by Gasteiger charge is -2.32. The Labute approximate surface area is 176 Å². The summed E-state index contributed by atoms with van der Waals surface area (Å²) in [5.41, 5.74) is 1.00. The van der Waals surface area contributed by atoms with E-state index in [0.29, 0.717) is 44.0 Å². The quantitative estimate of drug-likeness (QED) is 0.655. The summed E-state index contributed by atoms with van der Waals surface area (Å²) in [7, 11) is 0. The number of benzene rings is 1. The molecule has 3 rings (SSSR count). The second kappa shape index (κ2) is 10.1. The topological polar surface area (TPSA) is 71.3 Å². The van der Waals surface area contributed by atoms with Crippen LogP contribution in [-0.4, -0.2) is 62.8 Å². The van der Waals surface area contributed by atoms with Gasteiger partial charge >= 0.3 is 0 Å². The fourth-order valence-corrected chi connectivity index (χ4v) is 3.72. The maximum atomic E-state index is 13.3. The molecule has 0 radical (unpaired) electrons. The van der Waals surface area contributed by atoms with Gasteiger partial charge in [-0.15, -0.1) is 5.10 Å². The van der Waals surface area contributed by atoms with Crippen molar-refractivity contribution >= 4 is 17.9 Å². The van der Waals surface area contributed by atoms with E-state index in [1.807, 2.05) is 18.7 Å². The van der Waals surface area contributed by atoms with Crippen molar-refractivity contribution in [1.82, 2.24) is 24.8 Å². The van der Waals surface area contributed by atoms with E-state index < -0.39 is 0 Å². The van der Waals surface area contributed by atoms with Gasteiger partial charge in [-0.2, -0.15) is 0 Å². The maximum absolute atomic E-state index is 13.3. The van der Waals surface area contributed by atoms with Crippen LogP contribution in [0.3, 0.4) is 0 Å². The largest absolute Gasteiger partial charge is 0.339 e. The van der Waals surface area contributed by atoms with Gasteiger partial charge in [-0.25, -0.2) is 4.39 Å². The molecular formula is C22H28FN5O2. The van der Waals surface area contributed by atoms with Crippen LogP contribution in [0.25, 0.3) is 6.08 Å². The summed E-state index contributed by atoms with van der Waals surface area (Å²) in [5.74, 6) is -0.285. The second-order valence-electron chi connectivity index (χ2n) is 7.48. The van der Waals surface area contributed by atoms with Crippen LogP contribution in [0.15, 0.2) is 36.5 Å². The lowest BCUT2D eigenvalue weighted by Crippen LogP contribution is -2.40. The summed E-state index contributed by atoms with van der Waals surface area (Å²) in [6, 6.07) is 6.14. The van der Waals surface area contributed by atoms with Gasteiger partial charge in [0.05, 0.1) is 6.20 Å². The molecule has 0 unspecified atom stereocenters. The molecule has 0 N–H and O–H groups in total. The number of halogens is 1. The van der Waals surface area contributed by atoms with Crippen LogP contribution in [0, 0.1) is 11.7 Å². The van der Waals surface area contributed by atoms with Crippen molar-refractivity contribution in [3.8, 4) is 0 Å². The number of amides is 2. The lowest BCUT2D eigenvalue weighted by molar-refractivity contribution is -0.127. The van der Waals surface area contributed by atoms with E-state index in [9.17, 15) is 14.0 Å². The van der Waals surface area contributed by atoms with Crippen molar-refractivity contribution in [1.29, 1.82) is 0 Å². The van der Waals surface area contributed by atoms with E-state index in [1.54, 1.807) is 34.0 Å². The van der Waals surface area contributed by atoms with E-state index >= 15 is 0 Å². The Balaban J connectivity index is 1.57. The molecule has 1 aliphatic rings. The van der Waals surface area contributed by atoms with Gasteiger partial charge in [0, 0.05) is 38.8 Å². The standard InChI is InChI=1S/C22H28FN5O2/c1-3-26(4-2)22(30)20-16-28(25-24-20)15-18-8-6-12-27(14-18)21(29)11-10-17-7-5-9-19(23)13-17/h5,7,9-11,13,16,18H,3-4,6,8,12,14-15H2,1-2H3/b11-10-/t18-/m1/s1. The van der Waals surface area contributed by atoms with Crippen molar-refractivity contribution in [2.24, 2.45) is 5.92 Å². The third kappa shape index (κ3) is 5.52. The lowest BCUT2D eigenvalue weighted by atomic mass is 9.98. The first-order valence-corrected chi connectivity index (χ1v) is 10.4. The van der Waals surface area contributed by atoms with Crippen molar-refractivity contribution in [2.75, 3.05) is 26.2 Å². The molecule has 2 aromatic rings. The summed E-state index contributed by atoms with van der Waals surface area (Å²) in [5, 5.41) is 8.12. The second-order valence-corrected chi connectivity index (χ2v) is 7.48. The fourth-order valence-electron chi connectivity index (χ4n) is 3.72. The molecule has 0 bridgehead atoms. The molecule has 2 heterocycles. The molecule has 1 atom stereocenters. The highest BCUT2D eigenvalue weighted by atomic mass is 19.1. The molecular weight excluding hydrogens is 385 g/mol. The smallest absolute Gasteiger partial charge is 0.276 e. The summed E-state index contributed by atoms with van der Waals surface area (Å²) in [6.07, 6.45) is 6.71.